The number of nitrogens with zero attached hydrogens (tertiary/aromatic N) is 1. The number of benzene rings is 1. The number of carbonyl (C=O) groups is 1. The number of piperidine rings is 1. The van der Waals surface area contributed by atoms with E-state index in [-0.39, 0.29) is 22.7 Å². The van der Waals surface area contributed by atoms with E-state index in [0.717, 1.165) is 37.2 Å². The van der Waals surface area contributed by atoms with Gasteiger partial charge in [-0.2, -0.15) is 0 Å². The fourth-order valence-electron chi connectivity index (χ4n) is 2.97. The van der Waals surface area contributed by atoms with Crippen LogP contribution in [0.2, 0.25) is 0 Å². The number of aryl methyl sites for hydroxylation is 1. The molecule has 23 heavy (non-hydrogen) atoms. The highest BCUT2D eigenvalue weighted by Crippen LogP contribution is 2.29. The summed E-state index contributed by atoms with van der Waals surface area (Å²) in [4.78, 5) is 14.5. The smallest absolute Gasteiger partial charge is 0.242 e. The van der Waals surface area contributed by atoms with E-state index in [9.17, 15) is 13.2 Å². The number of rotatable bonds is 5. The molecule has 2 rings (SSSR count). The van der Waals surface area contributed by atoms with Crippen LogP contribution < -0.4 is 10.2 Å². The van der Waals surface area contributed by atoms with E-state index in [0.29, 0.717) is 6.42 Å². The van der Waals surface area contributed by atoms with Crippen molar-refractivity contribution in [3.8, 4) is 0 Å². The van der Waals surface area contributed by atoms with Crippen molar-refractivity contribution < 1.29 is 13.2 Å². The number of halogens is 1. The summed E-state index contributed by atoms with van der Waals surface area (Å²) in [7, 11) is -3.27. The second-order valence-corrected chi connectivity index (χ2v) is 8.08. The minimum atomic E-state index is -3.27. The standard InChI is InChI=1S/C16H23ClN2O3S/c1-3-12-10-14(23(2,21)22)4-5-15(12)19(16(20)11-17)13-6-8-18-9-7-13/h4-5,10,13,18H,3,6-9,11H2,1-2H3. The Kier molecular flexibility index (Phi) is 6.06. The lowest BCUT2D eigenvalue weighted by Crippen LogP contribution is -2.47. The molecule has 7 heteroatoms. The molecule has 1 saturated heterocycles. The van der Waals surface area contributed by atoms with Gasteiger partial charge in [-0.25, -0.2) is 8.42 Å². The number of carbonyl (C=O) groups excluding carboxylic acids is 1. The van der Waals surface area contributed by atoms with Gasteiger partial charge < -0.3 is 10.2 Å². The zero-order chi connectivity index (χ0) is 17.0. The van der Waals surface area contributed by atoms with Crippen LogP contribution in [-0.2, 0) is 21.1 Å². The topological polar surface area (TPSA) is 66.5 Å². The third kappa shape index (κ3) is 4.25. The molecule has 0 spiro atoms. The van der Waals surface area contributed by atoms with Crippen LogP contribution in [0.3, 0.4) is 0 Å². The molecule has 0 aliphatic carbocycles. The number of alkyl halides is 1. The molecule has 0 unspecified atom stereocenters. The van der Waals surface area contributed by atoms with Crippen LogP contribution in [0.15, 0.2) is 23.1 Å². The summed E-state index contributed by atoms with van der Waals surface area (Å²) >= 11 is 5.81. The average molecular weight is 359 g/mol. The maximum absolute atomic E-state index is 12.4. The Morgan fingerprint density at radius 2 is 2.00 bits per heavy atom. The molecule has 0 atom stereocenters. The average Bonchev–Trinajstić information content (AvgIpc) is 2.55. The number of amides is 1. The SMILES string of the molecule is CCc1cc(S(C)(=O)=O)ccc1N(C(=O)CCl)C1CCNCC1. The Bertz CT molecular complexity index is 670. The summed E-state index contributed by atoms with van der Waals surface area (Å²) in [5.41, 5.74) is 1.63. The molecular weight excluding hydrogens is 336 g/mol. The van der Waals surface area contributed by atoms with Crippen LogP contribution in [0, 0.1) is 0 Å². The van der Waals surface area contributed by atoms with Gasteiger partial charge in [0.25, 0.3) is 0 Å². The number of nitrogens with one attached hydrogen (secondary N) is 1. The first-order valence-corrected chi connectivity index (χ1v) is 10.2. The highest BCUT2D eigenvalue weighted by Gasteiger charge is 2.28. The minimum absolute atomic E-state index is 0.0824. The molecule has 0 aromatic heterocycles. The second kappa shape index (κ2) is 7.64. The third-order valence-corrected chi connectivity index (χ3v) is 5.52. The Hall–Kier alpha value is -1.11. The van der Waals surface area contributed by atoms with Gasteiger partial charge in [0.15, 0.2) is 9.84 Å². The molecule has 1 aliphatic heterocycles. The molecular formula is C16H23ClN2O3S. The fourth-order valence-corrected chi connectivity index (χ4v) is 3.77. The zero-order valence-electron chi connectivity index (χ0n) is 13.5. The predicted octanol–water partition coefficient (Wildman–Crippen LogP) is 1.98. The number of sulfone groups is 1. The van der Waals surface area contributed by atoms with Crippen molar-refractivity contribution in [2.75, 3.05) is 30.1 Å². The Balaban J connectivity index is 2.47. The molecule has 1 aromatic carbocycles. The molecule has 0 bridgehead atoms. The lowest BCUT2D eigenvalue weighted by atomic mass is 10.0. The van der Waals surface area contributed by atoms with Gasteiger partial charge in [-0.3, -0.25) is 4.79 Å². The Morgan fingerprint density at radius 3 is 2.52 bits per heavy atom. The third-order valence-electron chi connectivity index (χ3n) is 4.18. The highest BCUT2D eigenvalue weighted by molar-refractivity contribution is 7.90. The molecule has 0 saturated carbocycles. The van der Waals surface area contributed by atoms with Crippen LogP contribution >= 0.6 is 11.6 Å². The van der Waals surface area contributed by atoms with Crippen molar-refractivity contribution >= 4 is 33.0 Å². The van der Waals surface area contributed by atoms with Crippen LogP contribution in [0.25, 0.3) is 0 Å². The number of hydrogen-bond acceptors (Lipinski definition) is 4. The molecule has 1 aliphatic rings. The lowest BCUT2D eigenvalue weighted by molar-refractivity contribution is -0.116. The van der Waals surface area contributed by atoms with Gasteiger partial charge >= 0.3 is 0 Å². The van der Waals surface area contributed by atoms with Gasteiger partial charge in [0.2, 0.25) is 5.91 Å². The first-order valence-electron chi connectivity index (χ1n) is 7.80. The molecule has 1 aromatic rings. The van der Waals surface area contributed by atoms with E-state index < -0.39 is 9.84 Å². The van der Waals surface area contributed by atoms with Gasteiger partial charge in [0, 0.05) is 18.0 Å². The number of hydrogen-bond donors (Lipinski definition) is 1. The van der Waals surface area contributed by atoms with Crippen molar-refractivity contribution in [3.05, 3.63) is 23.8 Å². The van der Waals surface area contributed by atoms with Crippen LogP contribution in [0.4, 0.5) is 5.69 Å². The maximum atomic E-state index is 12.4. The fraction of sp³-hybridized carbons (Fsp3) is 0.562. The number of anilines is 1. The Morgan fingerprint density at radius 1 is 1.35 bits per heavy atom. The van der Waals surface area contributed by atoms with Gasteiger partial charge in [-0.05, 0) is 56.1 Å². The van der Waals surface area contributed by atoms with Crippen molar-refractivity contribution in [1.29, 1.82) is 0 Å². The molecule has 1 heterocycles. The van der Waals surface area contributed by atoms with Crippen molar-refractivity contribution in [3.63, 3.8) is 0 Å². The summed E-state index contributed by atoms with van der Waals surface area (Å²) in [6, 6.07) is 5.07. The zero-order valence-corrected chi connectivity index (χ0v) is 15.1. The molecule has 1 fully saturated rings. The molecule has 128 valence electrons. The van der Waals surface area contributed by atoms with Crippen molar-refractivity contribution in [2.24, 2.45) is 0 Å². The van der Waals surface area contributed by atoms with Crippen LogP contribution in [-0.4, -0.2) is 45.6 Å². The summed E-state index contributed by atoms with van der Waals surface area (Å²) < 4.78 is 23.5. The van der Waals surface area contributed by atoms with Crippen LogP contribution in [0.1, 0.15) is 25.3 Å². The lowest BCUT2D eigenvalue weighted by Gasteiger charge is -2.35. The van der Waals surface area contributed by atoms with E-state index in [1.807, 2.05) is 6.92 Å². The minimum Gasteiger partial charge on any atom is -0.317 e. The van der Waals surface area contributed by atoms with Gasteiger partial charge in [0.05, 0.1) is 4.90 Å². The predicted molar refractivity (Wildman–Crippen MR) is 93.0 cm³/mol. The summed E-state index contributed by atoms with van der Waals surface area (Å²) in [6.45, 7) is 3.68. The Labute approximate surface area is 142 Å². The van der Waals surface area contributed by atoms with Gasteiger partial charge in [0.1, 0.15) is 5.88 Å². The molecule has 1 amide bonds. The van der Waals surface area contributed by atoms with E-state index in [1.54, 1.807) is 23.1 Å². The second-order valence-electron chi connectivity index (χ2n) is 5.79. The van der Waals surface area contributed by atoms with E-state index >= 15 is 0 Å². The summed E-state index contributed by atoms with van der Waals surface area (Å²) in [5.74, 6) is -0.221. The van der Waals surface area contributed by atoms with Crippen molar-refractivity contribution in [2.45, 2.75) is 37.1 Å². The quantitative estimate of drug-likeness (QED) is 0.817. The van der Waals surface area contributed by atoms with Crippen molar-refractivity contribution in [1.82, 2.24) is 5.32 Å². The first-order chi connectivity index (χ1) is 10.9. The van der Waals surface area contributed by atoms with Gasteiger partial charge in [-0.1, -0.05) is 6.92 Å². The molecule has 0 radical (unpaired) electrons. The molecule has 1 N–H and O–H groups in total. The van der Waals surface area contributed by atoms with Crippen LogP contribution in [0.5, 0.6) is 0 Å². The maximum Gasteiger partial charge on any atom is 0.242 e. The van der Waals surface area contributed by atoms with E-state index in [1.165, 1.54) is 6.26 Å². The molecule has 5 nitrogen and oxygen atoms in total. The summed E-state index contributed by atoms with van der Waals surface area (Å²) in [5, 5.41) is 3.29. The van der Waals surface area contributed by atoms with E-state index in [4.69, 9.17) is 11.6 Å². The normalized spacial score (nSPS) is 16.3. The van der Waals surface area contributed by atoms with E-state index in [2.05, 4.69) is 5.32 Å². The summed E-state index contributed by atoms with van der Waals surface area (Å²) in [6.07, 6.45) is 3.56. The first kappa shape index (κ1) is 18.2. The highest BCUT2D eigenvalue weighted by atomic mass is 35.5. The monoisotopic (exact) mass is 358 g/mol. The largest absolute Gasteiger partial charge is 0.317 e. The van der Waals surface area contributed by atoms with Gasteiger partial charge in [-0.15, -0.1) is 11.6 Å².